The molecule has 2 rings (SSSR count). The first-order chi connectivity index (χ1) is 7.66. The molecule has 1 heterocycles. The maximum atomic E-state index is 3.57. The number of hydrogen-bond donors (Lipinski definition) is 1. The van der Waals surface area contributed by atoms with Crippen molar-refractivity contribution in [1.29, 1.82) is 0 Å². The van der Waals surface area contributed by atoms with Gasteiger partial charge in [0, 0.05) is 18.6 Å². The standard InChI is InChI=1S/C14H28N2/c1-11(2)7-9-16(14-4-5-14)10-13-6-8-15-12(13)3/h11-15H,4-10H2,1-3H3. The van der Waals surface area contributed by atoms with Crippen LogP contribution < -0.4 is 5.32 Å². The Balaban J connectivity index is 1.77. The Morgan fingerprint density at radius 1 is 1.25 bits per heavy atom. The highest BCUT2D eigenvalue weighted by Gasteiger charge is 2.32. The summed E-state index contributed by atoms with van der Waals surface area (Å²) in [5, 5.41) is 3.57. The number of nitrogens with one attached hydrogen (secondary N) is 1. The van der Waals surface area contributed by atoms with Crippen molar-refractivity contribution in [3.63, 3.8) is 0 Å². The monoisotopic (exact) mass is 224 g/mol. The molecule has 2 unspecified atom stereocenters. The van der Waals surface area contributed by atoms with E-state index in [-0.39, 0.29) is 0 Å². The molecule has 1 aliphatic carbocycles. The van der Waals surface area contributed by atoms with Gasteiger partial charge in [-0.2, -0.15) is 0 Å². The molecule has 1 saturated carbocycles. The molecule has 0 bridgehead atoms. The van der Waals surface area contributed by atoms with Gasteiger partial charge in [0.2, 0.25) is 0 Å². The van der Waals surface area contributed by atoms with E-state index in [9.17, 15) is 0 Å². The van der Waals surface area contributed by atoms with Gasteiger partial charge < -0.3 is 10.2 Å². The minimum Gasteiger partial charge on any atom is -0.314 e. The third-order valence-electron chi connectivity index (χ3n) is 4.21. The smallest absolute Gasteiger partial charge is 0.00965 e. The molecule has 1 saturated heterocycles. The first-order valence-electron chi connectivity index (χ1n) is 7.14. The van der Waals surface area contributed by atoms with E-state index in [1.807, 2.05) is 0 Å². The van der Waals surface area contributed by atoms with Crippen LogP contribution in [0.3, 0.4) is 0 Å². The first-order valence-corrected chi connectivity index (χ1v) is 7.14. The number of hydrogen-bond acceptors (Lipinski definition) is 2. The molecule has 2 atom stereocenters. The van der Waals surface area contributed by atoms with E-state index in [0.717, 1.165) is 23.9 Å². The molecule has 94 valence electrons. The van der Waals surface area contributed by atoms with E-state index in [4.69, 9.17) is 0 Å². The summed E-state index contributed by atoms with van der Waals surface area (Å²) >= 11 is 0. The third-order valence-corrected chi connectivity index (χ3v) is 4.21. The second kappa shape index (κ2) is 5.50. The molecule has 0 radical (unpaired) electrons. The summed E-state index contributed by atoms with van der Waals surface area (Å²) in [6.07, 6.45) is 5.65. The molecule has 2 nitrogen and oxygen atoms in total. The summed E-state index contributed by atoms with van der Waals surface area (Å²) in [7, 11) is 0. The average molecular weight is 224 g/mol. The van der Waals surface area contributed by atoms with Crippen LogP contribution in [0.4, 0.5) is 0 Å². The summed E-state index contributed by atoms with van der Waals surface area (Å²) in [5.41, 5.74) is 0. The van der Waals surface area contributed by atoms with Crippen LogP contribution in [0, 0.1) is 11.8 Å². The molecule has 0 aromatic carbocycles. The van der Waals surface area contributed by atoms with Crippen molar-refractivity contribution >= 4 is 0 Å². The first kappa shape index (κ1) is 12.4. The summed E-state index contributed by atoms with van der Waals surface area (Å²) in [6.45, 7) is 10.9. The fourth-order valence-electron chi connectivity index (χ4n) is 2.75. The van der Waals surface area contributed by atoms with Crippen molar-refractivity contribution in [3.8, 4) is 0 Å². The van der Waals surface area contributed by atoms with Crippen LogP contribution in [-0.2, 0) is 0 Å². The van der Waals surface area contributed by atoms with Crippen molar-refractivity contribution in [2.45, 2.75) is 58.5 Å². The van der Waals surface area contributed by atoms with E-state index in [1.165, 1.54) is 45.3 Å². The predicted molar refractivity (Wildman–Crippen MR) is 69.6 cm³/mol. The summed E-state index contributed by atoms with van der Waals surface area (Å²) in [6, 6.07) is 1.67. The van der Waals surface area contributed by atoms with Gasteiger partial charge in [0.05, 0.1) is 0 Å². The Hall–Kier alpha value is -0.0800. The SMILES string of the molecule is CC(C)CCN(CC1CCNC1C)C1CC1. The highest BCUT2D eigenvalue weighted by atomic mass is 15.2. The van der Waals surface area contributed by atoms with E-state index in [0.29, 0.717) is 0 Å². The molecule has 16 heavy (non-hydrogen) atoms. The number of rotatable bonds is 6. The molecule has 0 aromatic heterocycles. The summed E-state index contributed by atoms with van der Waals surface area (Å²) in [5.74, 6) is 1.74. The van der Waals surface area contributed by atoms with Gasteiger partial charge in [-0.3, -0.25) is 0 Å². The molecule has 0 spiro atoms. The van der Waals surface area contributed by atoms with Crippen molar-refractivity contribution < 1.29 is 0 Å². The van der Waals surface area contributed by atoms with Gasteiger partial charge in [-0.25, -0.2) is 0 Å². The second-order valence-corrected chi connectivity index (χ2v) is 6.20. The van der Waals surface area contributed by atoms with Crippen LogP contribution in [0.1, 0.15) is 46.5 Å². The normalized spacial score (nSPS) is 30.6. The average Bonchev–Trinajstić information content (AvgIpc) is 2.99. The second-order valence-electron chi connectivity index (χ2n) is 6.20. The van der Waals surface area contributed by atoms with E-state index in [2.05, 4.69) is 31.0 Å². The fourth-order valence-corrected chi connectivity index (χ4v) is 2.75. The maximum absolute atomic E-state index is 3.57. The Bertz CT molecular complexity index is 211. The van der Waals surface area contributed by atoms with Gasteiger partial charge in [0.1, 0.15) is 0 Å². The zero-order valence-corrected chi connectivity index (χ0v) is 11.2. The molecule has 2 fully saturated rings. The molecule has 0 aromatic rings. The van der Waals surface area contributed by atoms with Gasteiger partial charge in [-0.1, -0.05) is 13.8 Å². The van der Waals surface area contributed by atoms with Crippen LogP contribution >= 0.6 is 0 Å². The summed E-state index contributed by atoms with van der Waals surface area (Å²) in [4.78, 5) is 2.77. The van der Waals surface area contributed by atoms with Gasteiger partial charge in [-0.05, 0) is 57.5 Å². The molecular formula is C14H28N2. The largest absolute Gasteiger partial charge is 0.314 e. The van der Waals surface area contributed by atoms with E-state index < -0.39 is 0 Å². The van der Waals surface area contributed by atoms with Gasteiger partial charge in [0.15, 0.2) is 0 Å². The van der Waals surface area contributed by atoms with Crippen LogP contribution in [-0.4, -0.2) is 36.6 Å². The van der Waals surface area contributed by atoms with Crippen molar-refractivity contribution in [2.24, 2.45) is 11.8 Å². The predicted octanol–water partition coefficient (Wildman–Crippen LogP) is 2.49. The van der Waals surface area contributed by atoms with Gasteiger partial charge in [0.25, 0.3) is 0 Å². The fraction of sp³-hybridized carbons (Fsp3) is 1.00. The number of nitrogens with zero attached hydrogens (tertiary/aromatic N) is 1. The quantitative estimate of drug-likeness (QED) is 0.746. The Kier molecular flexibility index (Phi) is 4.26. The van der Waals surface area contributed by atoms with Crippen molar-refractivity contribution in [3.05, 3.63) is 0 Å². The van der Waals surface area contributed by atoms with Crippen LogP contribution in [0.25, 0.3) is 0 Å². The zero-order chi connectivity index (χ0) is 11.5. The van der Waals surface area contributed by atoms with Gasteiger partial charge in [-0.15, -0.1) is 0 Å². The minimum absolute atomic E-state index is 0.736. The molecule has 1 aliphatic heterocycles. The lowest BCUT2D eigenvalue weighted by Crippen LogP contribution is -2.36. The summed E-state index contributed by atoms with van der Waals surface area (Å²) < 4.78 is 0. The maximum Gasteiger partial charge on any atom is 0.00965 e. The lowest BCUT2D eigenvalue weighted by molar-refractivity contribution is 0.204. The van der Waals surface area contributed by atoms with Crippen LogP contribution in [0.15, 0.2) is 0 Å². The zero-order valence-electron chi connectivity index (χ0n) is 11.2. The molecular weight excluding hydrogens is 196 g/mol. The molecule has 1 N–H and O–H groups in total. The van der Waals surface area contributed by atoms with Crippen LogP contribution in [0.2, 0.25) is 0 Å². The third kappa shape index (κ3) is 3.46. The van der Waals surface area contributed by atoms with Crippen molar-refractivity contribution in [1.82, 2.24) is 10.2 Å². The lowest BCUT2D eigenvalue weighted by atomic mass is 10.0. The van der Waals surface area contributed by atoms with E-state index >= 15 is 0 Å². The lowest BCUT2D eigenvalue weighted by Gasteiger charge is -2.27. The minimum atomic E-state index is 0.736. The van der Waals surface area contributed by atoms with E-state index in [1.54, 1.807) is 0 Å². The Morgan fingerprint density at radius 2 is 2.00 bits per heavy atom. The molecule has 2 heteroatoms. The van der Waals surface area contributed by atoms with Crippen LogP contribution in [0.5, 0.6) is 0 Å². The van der Waals surface area contributed by atoms with Gasteiger partial charge >= 0.3 is 0 Å². The highest BCUT2D eigenvalue weighted by Crippen LogP contribution is 2.29. The topological polar surface area (TPSA) is 15.3 Å². The van der Waals surface area contributed by atoms with Crippen molar-refractivity contribution in [2.75, 3.05) is 19.6 Å². The molecule has 0 amide bonds. The highest BCUT2D eigenvalue weighted by molar-refractivity contribution is 4.89. The Labute approximate surface area is 101 Å². The molecule has 2 aliphatic rings. The Morgan fingerprint density at radius 3 is 2.50 bits per heavy atom.